The van der Waals surface area contributed by atoms with E-state index in [1.165, 1.54) is 0 Å². The molecule has 0 aliphatic rings. The molecule has 0 amide bonds. The van der Waals surface area contributed by atoms with Crippen LogP contribution in [0.5, 0.6) is 0 Å². The van der Waals surface area contributed by atoms with E-state index in [9.17, 15) is 0 Å². The lowest BCUT2D eigenvalue weighted by molar-refractivity contribution is 1.25. The van der Waals surface area contributed by atoms with E-state index in [1.54, 1.807) is 0 Å². The van der Waals surface area contributed by atoms with Gasteiger partial charge in [0.2, 0.25) is 0 Å². The van der Waals surface area contributed by atoms with E-state index in [0.29, 0.717) is 0 Å². The highest BCUT2D eigenvalue weighted by Crippen LogP contribution is 2.41. The van der Waals surface area contributed by atoms with Gasteiger partial charge in [-0.1, -0.05) is 69.6 Å². The van der Waals surface area contributed by atoms with Gasteiger partial charge in [-0.15, -0.1) is 0 Å². The highest BCUT2D eigenvalue weighted by atomic mass is 35.5. The standard InChI is InChI=1S/C6HCl6N/c7-2-1(4(9)10)3(8)6(12)13-5(2)11/h4H. The van der Waals surface area contributed by atoms with Crippen LogP contribution in [0.25, 0.3) is 0 Å². The fourth-order valence-electron chi connectivity index (χ4n) is 0.695. The van der Waals surface area contributed by atoms with Gasteiger partial charge in [-0.2, -0.15) is 0 Å². The predicted molar refractivity (Wildman–Crippen MR) is 58.7 cm³/mol. The third-order valence-electron chi connectivity index (χ3n) is 1.25. The minimum Gasteiger partial charge on any atom is -0.221 e. The molecule has 0 aromatic carbocycles. The number of alkyl halides is 2. The summed E-state index contributed by atoms with van der Waals surface area (Å²) in [6, 6.07) is 0. The second-order valence-electron chi connectivity index (χ2n) is 2.04. The Morgan fingerprint density at radius 2 is 1.23 bits per heavy atom. The van der Waals surface area contributed by atoms with E-state index in [0.717, 1.165) is 0 Å². The first-order chi connectivity index (χ1) is 5.95. The Hall–Kier alpha value is 0.890. The summed E-state index contributed by atoms with van der Waals surface area (Å²) in [6.07, 6.45) is 0. The van der Waals surface area contributed by atoms with Crippen molar-refractivity contribution < 1.29 is 0 Å². The van der Waals surface area contributed by atoms with E-state index in [4.69, 9.17) is 69.6 Å². The van der Waals surface area contributed by atoms with Gasteiger partial charge in [0.1, 0.15) is 15.1 Å². The number of rotatable bonds is 1. The van der Waals surface area contributed by atoms with Crippen LogP contribution < -0.4 is 0 Å². The lowest BCUT2D eigenvalue weighted by Gasteiger charge is -2.09. The number of hydrogen-bond acceptors (Lipinski definition) is 1. The summed E-state index contributed by atoms with van der Waals surface area (Å²) < 4.78 is 0. The van der Waals surface area contributed by atoms with Crippen molar-refractivity contribution in [3.05, 3.63) is 25.9 Å². The summed E-state index contributed by atoms with van der Waals surface area (Å²) in [6.45, 7) is 0. The topological polar surface area (TPSA) is 12.9 Å². The Labute approximate surface area is 105 Å². The van der Waals surface area contributed by atoms with Gasteiger partial charge in [0, 0.05) is 5.56 Å². The number of hydrogen-bond donors (Lipinski definition) is 0. The average Bonchev–Trinajstić information content (AvgIpc) is 2.01. The van der Waals surface area contributed by atoms with E-state index >= 15 is 0 Å². The Bertz CT molecular complexity index is 310. The zero-order chi connectivity index (χ0) is 10.2. The highest BCUT2D eigenvalue weighted by molar-refractivity contribution is 6.51. The Balaban J connectivity index is 3.46. The molecular weight excluding hydrogens is 299 g/mol. The van der Waals surface area contributed by atoms with E-state index in [2.05, 4.69) is 4.98 Å². The molecule has 1 aromatic rings. The third-order valence-corrected chi connectivity index (χ3v) is 3.19. The normalized spacial score (nSPS) is 11.0. The zero-order valence-corrected chi connectivity index (χ0v) is 10.3. The van der Waals surface area contributed by atoms with Crippen LogP contribution in [0.4, 0.5) is 0 Å². The number of nitrogens with zero attached hydrogens (tertiary/aromatic N) is 1. The molecule has 0 radical (unpaired) electrons. The number of pyridine rings is 1. The lowest BCUT2D eigenvalue weighted by Crippen LogP contribution is -1.91. The molecule has 0 fully saturated rings. The maximum Gasteiger partial charge on any atom is 0.149 e. The molecule has 0 N–H and O–H groups in total. The van der Waals surface area contributed by atoms with Crippen molar-refractivity contribution in [3.63, 3.8) is 0 Å². The van der Waals surface area contributed by atoms with Crippen molar-refractivity contribution in [1.29, 1.82) is 0 Å². The van der Waals surface area contributed by atoms with Crippen molar-refractivity contribution in [1.82, 2.24) is 4.98 Å². The Morgan fingerprint density at radius 3 is 1.54 bits per heavy atom. The molecule has 1 rings (SSSR count). The first-order valence-electron chi connectivity index (χ1n) is 2.93. The van der Waals surface area contributed by atoms with Crippen LogP contribution in [0, 0.1) is 0 Å². The Morgan fingerprint density at radius 1 is 0.846 bits per heavy atom. The van der Waals surface area contributed by atoms with Crippen molar-refractivity contribution in [2.75, 3.05) is 0 Å². The molecule has 72 valence electrons. The lowest BCUT2D eigenvalue weighted by atomic mass is 10.3. The van der Waals surface area contributed by atoms with Crippen molar-refractivity contribution >= 4 is 69.6 Å². The third kappa shape index (κ3) is 2.47. The highest BCUT2D eigenvalue weighted by Gasteiger charge is 2.19. The second kappa shape index (κ2) is 4.61. The van der Waals surface area contributed by atoms with E-state index in [1.807, 2.05) is 0 Å². The van der Waals surface area contributed by atoms with Gasteiger partial charge in [-0.05, 0) is 0 Å². The molecule has 0 atom stereocenters. The molecule has 0 aliphatic heterocycles. The van der Waals surface area contributed by atoms with Crippen molar-refractivity contribution in [2.45, 2.75) is 4.84 Å². The van der Waals surface area contributed by atoms with Gasteiger partial charge in [0.25, 0.3) is 0 Å². The quantitative estimate of drug-likeness (QED) is 0.515. The Kier molecular flexibility index (Phi) is 4.24. The van der Waals surface area contributed by atoms with Crippen LogP contribution in [-0.2, 0) is 0 Å². The smallest absolute Gasteiger partial charge is 0.149 e. The van der Waals surface area contributed by atoms with Crippen LogP contribution >= 0.6 is 69.6 Å². The molecule has 0 saturated heterocycles. The number of aromatic nitrogens is 1. The van der Waals surface area contributed by atoms with Gasteiger partial charge >= 0.3 is 0 Å². The van der Waals surface area contributed by atoms with E-state index < -0.39 is 4.84 Å². The van der Waals surface area contributed by atoms with Gasteiger partial charge in [-0.3, -0.25) is 0 Å². The van der Waals surface area contributed by atoms with Crippen LogP contribution in [-0.4, -0.2) is 4.98 Å². The van der Waals surface area contributed by atoms with Gasteiger partial charge in [-0.25, -0.2) is 4.98 Å². The predicted octanol–water partition coefficient (Wildman–Crippen LogP) is 5.17. The van der Waals surface area contributed by atoms with Crippen molar-refractivity contribution in [3.8, 4) is 0 Å². The summed E-state index contributed by atoms with van der Waals surface area (Å²) in [5.74, 6) is 0. The molecule has 7 heteroatoms. The number of halogens is 6. The zero-order valence-electron chi connectivity index (χ0n) is 5.79. The maximum atomic E-state index is 5.76. The molecule has 0 aliphatic carbocycles. The van der Waals surface area contributed by atoms with Crippen LogP contribution in [0.2, 0.25) is 20.4 Å². The molecular formula is C6HCl6N. The second-order valence-corrected chi connectivity index (χ2v) is 4.60. The molecule has 1 heterocycles. The van der Waals surface area contributed by atoms with Crippen LogP contribution in [0.3, 0.4) is 0 Å². The summed E-state index contributed by atoms with van der Waals surface area (Å²) in [5, 5.41) is 0.284. The van der Waals surface area contributed by atoms with Gasteiger partial charge in [0.05, 0.1) is 10.0 Å². The fourth-order valence-corrected chi connectivity index (χ4v) is 2.31. The molecule has 13 heavy (non-hydrogen) atoms. The first kappa shape index (κ1) is 12.0. The molecule has 0 bridgehead atoms. The summed E-state index contributed by atoms with van der Waals surface area (Å²) in [7, 11) is 0. The molecule has 1 aromatic heterocycles. The molecule has 1 nitrogen and oxygen atoms in total. The molecule has 0 unspecified atom stereocenters. The molecule has 0 spiro atoms. The summed E-state index contributed by atoms with van der Waals surface area (Å²) >= 11 is 34.0. The largest absolute Gasteiger partial charge is 0.221 e. The minimum atomic E-state index is -0.891. The van der Waals surface area contributed by atoms with Crippen LogP contribution in [0.15, 0.2) is 0 Å². The molecule has 0 saturated carbocycles. The first-order valence-corrected chi connectivity index (χ1v) is 5.31. The van der Waals surface area contributed by atoms with Gasteiger partial charge < -0.3 is 0 Å². The van der Waals surface area contributed by atoms with Crippen LogP contribution in [0.1, 0.15) is 10.4 Å². The monoisotopic (exact) mass is 297 g/mol. The summed E-state index contributed by atoms with van der Waals surface area (Å²) in [5.41, 5.74) is 0.275. The minimum absolute atomic E-state index is 0.0253. The SMILES string of the molecule is Clc1nc(Cl)c(Cl)c(C(Cl)Cl)c1Cl. The van der Waals surface area contributed by atoms with E-state index in [-0.39, 0.29) is 25.9 Å². The average molecular weight is 300 g/mol. The van der Waals surface area contributed by atoms with Gasteiger partial charge in [0.15, 0.2) is 0 Å². The maximum absolute atomic E-state index is 5.76. The summed E-state index contributed by atoms with van der Waals surface area (Å²) in [4.78, 5) is 2.77. The van der Waals surface area contributed by atoms with Crippen molar-refractivity contribution in [2.24, 2.45) is 0 Å². The fraction of sp³-hybridized carbons (Fsp3) is 0.167.